The van der Waals surface area contributed by atoms with E-state index in [0.29, 0.717) is 26.2 Å². The molecule has 0 fully saturated rings. The summed E-state index contributed by atoms with van der Waals surface area (Å²) in [5.74, 6) is 2.43. The van der Waals surface area contributed by atoms with E-state index < -0.39 is 0 Å². The molecule has 0 spiro atoms. The average molecular weight is 300 g/mol. The first-order valence-electron chi connectivity index (χ1n) is 7.55. The summed E-state index contributed by atoms with van der Waals surface area (Å²) < 4.78 is 11.5. The molecule has 0 bridgehead atoms. The SMILES string of the molecule is [C-]#CC[C@@H](CCOCc1ccccc1)OCc1ccccc1.[Li+]. The number of ether oxygens (including phenoxy) is 2. The van der Waals surface area contributed by atoms with Crippen LogP contribution in [0.1, 0.15) is 24.0 Å². The minimum Gasteiger partial charge on any atom is -0.694 e. The fraction of sp³-hybridized carbons (Fsp3) is 0.300. The molecule has 0 aliphatic heterocycles. The van der Waals surface area contributed by atoms with Gasteiger partial charge in [0.1, 0.15) is 0 Å². The second kappa shape index (κ2) is 12.0. The van der Waals surface area contributed by atoms with Crippen molar-refractivity contribution in [3.8, 4) is 5.92 Å². The van der Waals surface area contributed by atoms with Crippen LogP contribution in [0, 0.1) is 12.3 Å². The van der Waals surface area contributed by atoms with Gasteiger partial charge in [-0.15, -0.1) is 0 Å². The quantitative estimate of drug-likeness (QED) is 0.299. The van der Waals surface area contributed by atoms with Crippen LogP contribution in [-0.4, -0.2) is 12.7 Å². The maximum absolute atomic E-state index is 7.16. The molecule has 2 aromatic rings. The molecule has 2 rings (SSSR count). The van der Waals surface area contributed by atoms with Crippen LogP contribution >= 0.6 is 0 Å². The van der Waals surface area contributed by atoms with E-state index in [0.717, 1.165) is 12.0 Å². The zero-order valence-electron chi connectivity index (χ0n) is 13.7. The van der Waals surface area contributed by atoms with E-state index in [4.69, 9.17) is 15.9 Å². The molecular formula is C20H21LiO2. The summed E-state index contributed by atoms with van der Waals surface area (Å²) in [4.78, 5) is 0. The van der Waals surface area contributed by atoms with Gasteiger partial charge < -0.3 is 21.8 Å². The van der Waals surface area contributed by atoms with Crippen LogP contribution in [0.2, 0.25) is 0 Å². The second-order valence-corrected chi connectivity index (χ2v) is 5.13. The predicted octanol–water partition coefficient (Wildman–Crippen LogP) is 1.16. The fourth-order valence-electron chi connectivity index (χ4n) is 2.13. The van der Waals surface area contributed by atoms with Crippen molar-refractivity contribution in [3.05, 3.63) is 78.2 Å². The Kier molecular flexibility index (Phi) is 10.2. The number of hydrogen-bond acceptors (Lipinski definition) is 2. The van der Waals surface area contributed by atoms with Crippen molar-refractivity contribution in [2.24, 2.45) is 0 Å². The van der Waals surface area contributed by atoms with Gasteiger partial charge in [-0.1, -0.05) is 60.7 Å². The minimum absolute atomic E-state index is 0. The topological polar surface area (TPSA) is 18.5 Å². The third-order valence-electron chi connectivity index (χ3n) is 3.35. The summed E-state index contributed by atoms with van der Waals surface area (Å²) in [7, 11) is 0. The van der Waals surface area contributed by atoms with Crippen molar-refractivity contribution >= 4 is 0 Å². The zero-order valence-corrected chi connectivity index (χ0v) is 13.7. The van der Waals surface area contributed by atoms with Crippen LogP contribution in [0.15, 0.2) is 60.7 Å². The molecule has 0 heterocycles. The molecule has 0 aliphatic carbocycles. The van der Waals surface area contributed by atoms with Crippen LogP contribution in [0.25, 0.3) is 0 Å². The summed E-state index contributed by atoms with van der Waals surface area (Å²) in [6.07, 6.45) is 8.41. The van der Waals surface area contributed by atoms with Gasteiger partial charge >= 0.3 is 18.9 Å². The van der Waals surface area contributed by atoms with Crippen molar-refractivity contribution in [1.29, 1.82) is 0 Å². The van der Waals surface area contributed by atoms with Crippen LogP contribution in [0.5, 0.6) is 0 Å². The molecule has 1 atom stereocenters. The number of rotatable bonds is 9. The Hall–Kier alpha value is -1.48. The molecule has 0 unspecified atom stereocenters. The molecular weight excluding hydrogens is 279 g/mol. The average Bonchev–Trinajstić information content (AvgIpc) is 2.58. The normalized spacial score (nSPS) is 11.3. The van der Waals surface area contributed by atoms with Gasteiger partial charge in [0.15, 0.2) is 0 Å². The Labute approximate surface area is 151 Å². The third-order valence-corrected chi connectivity index (χ3v) is 3.35. The largest absolute Gasteiger partial charge is 1.00 e. The first-order chi connectivity index (χ1) is 10.9. The Morgan fingerprint density at radius 2 is 1.43 bits per heavy atom. The standard InChI is InChI=1S/C20H21O2.Li/c1-2-9-20(22-17-19-12-7-4-8-13-19)14-15-21-16-18-10-5-3-6-11-18;/h3-8,10-13,20H,9,14-17H2;/q-1;+1/t20-;/m0./s1. The molecule has 0 radical (unpaired) electrons. The van der Waals surface area contributed by atoms with Crippen LogP contribution < -0.4 is 18.9 Å². The molecule has 0 aromatic heterocycles. The van der Waals surface area contributed by atoms with E-state index in [1.807, 2.05) is 48.5 Å². The Morgan fingerprint density at radius 1 is 0.870 bits per heavy atom. The molecule has 23 heavy (non-hydrogen) atoms. The maximum Gasteiger partial charge on any atom is 1.00 e. The van der Waals surface area contributed by atoms with E-state index in [-0.39, 0.29) is 25.0 Å². The first kappa shape index (κ1) is 19.6. The molecule has 0 amide bonds. The van der Waals surface area contributed by atoms with Gasteiger partial charge in [-0.2, -0.15) is 0 Å². The molecule has 0 saturated heterocycles. The van der Waals surface area contributed by atoms with Gasteiger partial charge in [0.25, 0.3) is 0 Å². The van der Waals surface area contributed by atoms with Gasteiger partial charge in [-0.05, 0) is 24.0 Å². The molecule has 0 aliphatic rings. The Morgan fingerprint density at radius 3 is 2.00 bits per heavy atom. The van der Waals surface area contributed by atoms with E-state index in [9.17, 15) is 0 Å². The molecule has 0 N–H and O–H groups in total. The summed E-state index contributed by atoms with van der Waals surface area (Å²) >= 11 is 0. The molecule has 0 saturated carbocycles. The third kappa shape index (κ3) is 8.07. The van der Waals surface area contributed by atoms with Gasteiger partial charge in [0.2, 0.25) is 0 Å². The van der Waals surface area contributed by atoms with Crippen molar-refractivity contribution < 1.29 is 28.3 Å². The summed E-state index contributed by atoms with van der Waals surface area (Å²) in [5, 5.41) is 0. The fourth-order valence-corrected chi connectivity index (χ4v) is 2.13. The van der Waals surface area contributed by atoms with Crippen molar-refractivity contribution in [1.82, 2.24) is 0 Å². The molecule has 2 aromatic carbocycles. The second-order valence-electron chi connectivity index (χ2n) is 5.13. The van der Waals surface area contributed by atoms with Crippen LogP contribution in [0.4, 0.5) is 0 Å². The Bertz CT molecular complexity index is 563. The first-order valence-corrected chi connectivity index (χ1v) is 7.55. The van der Waals surface area contributed by atoms with Crippen molar-refractivity contribution in [2.75, 3.05) is 6.61 Å². The van der Waals surface area contributed by atoms with Crippen LogP contribution in [-0.2, 0) is 22.7 Å². The van der Waals surface area contributed by atoms with Gasteiger partial charge in [-0.3, -0.25) is 0 Å². The zero-order chi connectivity index (χ0) is 15.5. The Balaban J connectivity index is 0.00000264. The van der Waals surface area contributed by atoms with Crippen molar-refractivity contribution in [3.63, 3.8) is 0 Å². The van der Waals surface area contributed by atoms with Crippen LogP contribution in [0.3, 0.4) is 0 Å². The summed E-state index contributed by atoms with van der Waals surface area (Å²) in [6.45, 7) is 1.79. The van der Waals surface area contributed by atoms with E-state index in [1.54, 1.807) is 0 Å². The monoisotopic (exact) mass is 300 g/mol. The molecule has 3 heteroatoms. The summed E-state index contributed by atoms with van der Waals surface area (Å²) in [6, 6.07) is 20.2. The maximum atomic E-state index is 7.16. The minimum atomic E-state index is -0.0199. The van der Waals surface area contributed by atoms with Gasteiger partial charge in [0, 0.05) is 6.61 Å². The smallest absolute Gasteiger partial charge is 0.694 e. The van der Waals surface area contributed by atoms with E-state index in [2.05, 4.69) is 18.1 Å². The number of benzene rings is 2. The van der Waals surface area contributed by atoms with Gasteiger partial charge in [-0.25, -0.2) is 0 Å². The number of hydrogen-bond donors (Lipinski definition) is 0. The van der Waals surface area contributed by atoms with Crippen molar-refractivity contribution in [2.45, 2.75) is 32.2 Å². The summed E-state index contributed by atoms with van der Waals surface area (Å²) in [5.41, 5.74) is 2.31. The molecule has 2 nitrogen and oxygen atoms in total. The van der Waals surface area contributed by atoms with Gasteiger partial charge in [0.05, 0.1) is 19.3 Å². The van der Waals surface area contributed by atoms with E-state index in [1.165, 1.54) is 5.56 Å². The molecule has 114 valence electrons. The predicted molar refractivity (Wildman–Crippen MR) is 87.5 cm³/mol. The van der Waals surface area contributed by atoms with E-state index >= 15 is 0 Å².